The van der Waals surface area contributed by atoms with E-state index in [0.717, 1.165) is 23.9 Å². The van der Waals surface area contributed by atoms with Crippen LogP contribution >= 0.6 is 0 Å². The number of hydrogen-bond donors (Lipinski definition) is 1. The minimum Gasteiger partial charge on any atom is -0.441 e. The molecule has 0 fully saturated rings. The van der Waals surface area contributed by atoms with Gasteiger partial charge in [-0.25, -0.2) is 4.98 Å². The molecule has 0 aliphatic heterocycles. The van der Waals surface area contributed by atoms with Gasteiger partial charge in [0.15, 0.2) is 11.5 Å². The summed E-state index contributed by atoms with van der Waals surface area (Å²) < 4.78 is 5.47. The summed E-state index contributed by atoms with van der Waals surface area (Å²) in [6, 6.07) is 6.39. The first-order chi connectivity index (χ1) is 7.15. The van der Waals surface area contributed by atoms with Gasteiger partial charge in [-0.2, -0.15) is 0 Å². The Morgan fingerprint density at radius 1 is 1.47 bits per heavy atom. The fourth-order valence-corrected chi connectivity index (χ4v) is 1.63. The molecule has 0 radical (unpaired) electrons. The van der Waals surface area contributed by atoms with Crippen LogP contribution in [0.1, 0.15) is 24.8 Å². The molecule has 0 saturated heterocycles. The smallest absolute Gasteiger partial charge is 0.192 e. The summed E-state index contributed by atoms with van der Waals surface area (Å²) in [5.41, 5.74) is 8.78. The van der Waals surface area contributed by atoms with Crippen LogP contribution in [0.5, 0.6) is 0 Å². The molecule has 1 aromatic carbocycles. The molecule has 0 bridgehead atoms. The average Bonchev–Trinajstić information content (AvgIpc) is 2.53. The fourth-order valence-electron chi connectivity index (χ4n) is 1.63. The highest BCUT2D eigenvalue weighted by Gasteiger charge is 2.03. The van der Waals surface area contributed by atoms with Gasteiger partial charge in [-0.15, -0.1) is 0 Å². The minimum absolute atomic E-state index is 0.247. The van der Waals surface area contributed by atoms with Crippen molar-refractivity contribution in [3.05, 3.63) is 29.7 Å². The predicted molar refractivity (Wildman–Crippen MR) is 60.7 cm³/mol. The Labute approximate surface area is 89.3 Å². The molecule has 3 nitrogen and oxygen atoms in total. The number of hydrogen-bond acceptors (Lipinski definition) is 3. The van der Waals surface area contributed by atoms with Gasteiger partial charge in [0.1, 0.15) is 5.52 Å². The largest absolute Gasteiger partial charge is 0.441 e. The van der Waals surface area contributed by atoms with Crippen LogP contribution in [0, 0.1) is 6.92 Å². The molecule has 0 aliphatic rings. The van der Waals surface area contributed by atoms with Crippen LogP contribution in [0.15, 0.2) is 22.6 Å². The van der Waals surface area contributed by atoms with Crippen molar-refractivity contribution < 1.29 is 4.42 Å². The van der Waals surface area contributed by atoms with Crippen molar-refractivity contribution in [2.45, 2.75) is 32.7 Å². The van der Waals surface area contributed by atoms with Crippen molar-refractivity contribution >= 4 is 11.1 Å². The second-order valence-corrected chi connectivity index (χ2v) is 4.05. The molecule has 3 heteroatoms. The molecule has 2 rings (SSSR count). The Morgan fingerprint density at radius 3 is 3.00 bits per heavy atom. The van der Waals surface area contributed by atoms with Crippen LogP contribution in [-0.2, 0) is 6.42 Å². The molecule has 0 aliphatic carbocycles. The van der Waals surface area contributed by atoms with Crippen LogP contribution in [0.3, 0.4) is 0 Å². The van der Waals surface area contributed by atoms with Crippen LogP contribution in [-0.4, -0.2) is 11.0 Å². The van der Waals surface area contributed by atoms with Gasteiger partial charge in [0.25, 0.3) is 0 Å². The molecule has 2 N–H and O–H groups in total. The van der Waals surface area contributed by atoms with Crippen molar-refractivity contribution in [3.8, 4) is 0 Å². The Kier molecular flexibility index (Phi) is 2.73. The summed E-state index contributed by atoms with van der Waals surface area (Å²) in [7, 11) is 0. The van der Waals surface area contributed by atoms with Gasteiger partial charge in [0, 0.05) is 13.0 Å². The van der Waals surface area contributed by atoms with E-state index in [-0.39, 0.29) is 6.04 Å². The first kappa shape index (κ1) is 10.2. The summed E-state index contributed by atoms with van der Waals surface area (Å²) in [5.74, 6) is 0.717. The van der Waals surface area contributed by atoms with Crippen molar-refractivity contribution in [2.75, 3.05) is 0 Å². The van der Waals surface area contributed by atoms with Gasteiger partial charge < -0.3 is 10.2 Å². The van der Waals surface area contributed by atoms with Crippen LogP contribution in [0.2, 0.25) is 0 Å². The quantitative estimate of drug-likeness (QED) is 0.835. The molecule has 1 unspecified atom stereocenters. The minimum atomic E-state index is 0.247. The van der Waals surface area contributed by atoms with E-state index in [0.29, 0.717) is 5.89 Å². The summed E-state index contributed by atoms with van der Waals surface area (Å²) in [4.78, 5) is 4.26. The molecule has 0 amide bonds. The van der Waals surface area contributed by atoms with E-state index in [1.807, 2.05) is 19.9 Å². The van der Waals surface area contributed by atoms with E-state index in [1.165, 1.54) is 5.56 Å². The topological polar surface area (TPSA) is 52.0 Å². The number of aryl methyl sites for hydroxylation is 2. The first-order valence-corrected chi connectivity index (χ1v) is 5.27. The molecule has 15 heavy (non-hydrogen) atoms. The van der Waals surface area contributed by atoms with Gasteiger partial charge in [-0.05, 0) is 37.5 Å². The van der Waals surface area contributed by atoms with Crippen molar-refractivity contribution in [1.82, 2.24) is 4.98 Å². The Bertz CT molecular complexity index is 460. The second-order valence-electron chi connectivity index (χ2n) is 4.05. The zero-order valence-corrected chi connectivity index (χ0v) is 9.16. The molecular formula is C12H16N2O. The number of aromatic nitrogens is 1. The van der Waals surface area contributed by atoms with Crippen molar-refractivity contribution in [1.29, 1.82) is 0 Å². The summed E-state index contributed by atoms with van der Waals surface area (Å²) in [6.07, 6.45) is 1.99. The zero-order chi connectivity index (χ0) is 10.8. The molecule has 2 aromatic rings. The molecule has 80 valence electrons. The number of oxazole rings is 1. The fraction of sp³-hybridized carbons (Fsp3) is 0.417. The molecule has 1 aromatic heterocycles. The summed E-state index contributed by atoms with van der Waals surface area (Å²) >= 11 is 0. The van der Waals surface area contributed by atoms with E-state index in [2.05, 4.69) is 17.1 Å². The zero-order valence-electron chi connectivity index (χ0n) is 9.16. The number of nitrogens with zero attached hydrogens (tertiary/aromatic N) is 1. The van der Waals surface area contributed by atoms with E-state index < -0.39 is 0 Å². The molecule has 0 saturated carbocycles. The van der Waals surface area contributed by atoms with Gasteiger partial charge in [-0.3, -0.25) is 0 Å². The van der Waals surface area contributed by atoms with Gasteiger partial charge in [0.05, 0.1) is 0 Å². The number of rotatable bonds is 3. The maximum atomic E-state index is 5.72. The van der Waals surface area contributed by atoms with E-state index in [4.69, 9.17) is 10.2 Å². The van der Waals surface area contributed by atoms with E-state index in [9.17, 15) is 0 Å². The average molecular weight is 204 g/mol. The predicted octanol–water partition coefficient (Wildman–Crippen LogP) is 2.42. The van der Waals surface area contributed by atoms with Crippen LogP contribution in [0.4, 0.5) is 0 Å². The molecule has 1 heterocycles. The van der Waals surface area contributed by atoms with Crippen molar-refractivity contribution in [2.24, 2.45) is 5.73 Å². The lowest BCUT2D eigenvalue weighted by atomic mass is 10.1. The highest BCUT2D eigenvalue weighted by Crippen LogP contribution is 2.17. The van der Waals surface area contributed by atoms with Gasteiger partial charge in [-0.1, -0.05) is 6.07 Å². The lowest BCUT2D eigenvalue weighted by Crippen LogP contribution is -2.15. The standard InChI is InChI=1S/C12H16N2O/c1-8(13)3-4-10-5-6-11-12(7-10)15-9(2)14-11/h5-8H,3-4,13H2,1-2H3. The van der Waals surface area contributed by atoms with E-state index in [1.54, 1.807) is 0 Å². The lowest BCUT2D eigenvalue weighted by Gasteiger charge is -2.04. The summed E-state index contributed by atoms with van der Waals surface area (Å²) in [6.45, 7) is 3.89. The lowest BCUT2D eigenvalue weighted by molar-refractivity contribution is 0.560. The third-order valence-electron chi connectivity index (χ3n) is 2.45. The maximum Gasteiger partial charge on any atom is 0.192 e. The molecule has 1 atom stereocenters. The number of benzene rings is 1. The van der Waals surface area contributed by atoms with Crippen LogP contribution in [0.25, 0.3) is 11.1 Å². The monoisotopic (exact) mass is 204 g/mol. The van der Waals surface area contributed by atoms with Gasteiger partial charge >= 0.3 is 0 Å². The third-order valence-corrected chi connectivity index (χ3v) is 2.45. The Hall–Kier alpha value is -1.35. The molecule has 0 spiro atoms. The van der Waals surface area contributed by atoms with Crippen LogP contribution < -0.4 is 5.73 Å². The SMILES string of the molecule is Cc1nc2ccc(CCC(C)N)cc2o1. The Morgan fingerprint density at radius 2 is 2.27 bits per heavy atom. The van der Waals surface area contributed by atoms with E-state index >= 15 is 0 Å². The number of fused-ring (bicyclic) bond motifs is 1. The Balaban J connectivity index is 2.22. The molecular weight excluding hydrogens is 188 g/mol. The maximum absolute atomic E-state index is 5.72. The highest BCUT2D eigenvalue weighted by molar-refractivity contribution is 5.73. The summed E-state index contributed by atoms with van der Waals surface area (Å²) in [5, 5.41) is 0. The first-order valence-electron chi connectivity index (χ1n) is 5.27. The number of nitrogens with two attached hydrogens (primary N) is 1. The highest BCUT2D eigenvalue weighted by atomic mass is 16.3. The second kappa shape index (κ2) is 4.03. The normalized spacial score (nSPS) is 13.3. The van der Waals surface area contributed by atoms with Gasteiger partial charge in [0.2, 0.25) is 0 Å². The van der Waals surface area contributed by atoms with Crippen molar-refractivity contribution in [3.63, 3.8) is 0 Å². The third kappa shape index (κ3) is 2.36.